The van der Waals surface area contributed by atoms with Gasteiger partial charge in [-0.05, 0) is 73.0 Å². The molecular formula is C31H27ClN2O5S. The molecule has 3 aromatic carbocycles. The Bertz CT molecular complexity index is 1770. The minimum atomic E-state index is -0.707. The van der Waals surface area contributed by atoms with E-state index < -0.39 is 12.0 Å². The molecule has 0 radical (unpaired) electrons. The average Bonchev–Trinajstić information content (AvgIpc) is 3.26. The summed E-state index contributed by atoms with van der Waals surface area (Å²) in [7, 11) is 1.57. The predicted molar refractivity (Wildman–Crippen MR) is 156 cm³/mol. The molecule has 0 saturated carbocycles. The molecule has 5 rings (SSSR count). The molecule has 204 valence electrons. The van der Waals surface area contributed by atoms with Gasteiger partial charge in [0.05, 0.1) is 35.6 Å². The molecule has 9 heteroatoms. The van der Waals surface area contributed by atoms with Gasteiger partial charge >= 0.3 is 5.97 Å². The molecule has 2 heterocycles. The monoisotopic (exact) mass is 574 g/mol. The van der Waals surface area contributed by atoms with Crippen molar-refractivity contribution in [2.24, 2.45) is 4.99 Å². The minimum Gasteiger partial charge on any atom is -0.497 e. The van der Waals surface area contributed by atoms with Crippen molar-refractivity contribution in [2.75, 3.05) is 13.7 Å². The Morgan fingerprint density at radius 3 is 2.58 bits per heavy atom. The molecule has 40 heavy (non-hydrogen) atoms. The third kappa shape index (κ3) is 5.73. The molecule has 7 nitrogen and oxygen atoms in total. The first-order chi connectivity index (χ1) is 19.4. The van der Waals surface area contributed by atoms with Gasteiger partial charge in [-0.25, -0.2) is 9.79 Å². The second-order valence-electron chi connectivity index (χ2n) is 9.07. The van der Waals surface area contributed by atoms with E-state index in [1.54, 1.807) is 25.5 Å². The largest absolute Gasteiger partial charge is 0.497 e. The van der Waals surface area contributed by atoms with Crippen molar-refractivity contribution in [3.05, 3.63) is 125 Å². The lowest BCUT2D eigenvalue weighted by Gasteiger charge is -2.25. The maximum absolute atomic E-state index is 13.8. The number of hydrogen-bond acceptors (Lipinski definition) is 7. The van der Waals surface area contributed by atoms with Crippen molar-refractivity contribution in [1.82, 2.24) is 4.57 Å². The van der Waals surface area contributed by atoms with Crippen LogP contribution in [0, 0.1) is 0 Å². The van der Waals surface area contributed by atoms with E-state index in [1.807, 2.05) is 78.9 Å². The van der Waals surface area contributed by atoms with E-state index >= 15 is 0 Å². The van der Waals surface area contributed by atoms with Gasteiger partial charge in [-0.15, -0.1) is 0 Å². The first-order valence-corrected chi connectivity index (χ1v) is 13.9. The van der Waals surface area contributed by atoms with Crippen LogP contribution in [-0.4, -0.2) is 24.3 Å². The maximum Gasteiger partial charge on any atom is 0.338 e. The van der Waals surface area contributed by atoms with Gasteiger partial charge in [0.2, 0.25) is 0 Å². The zero-order chi connectivity index (χ0) is 28.2. The van der Waals surface area contributed by atoms with Crippen LogP contribution >= 0.6 is 22.9 Å². The molecule has 4 aromatic rings. The first-order valence-electron chi connectivity index (χ1n) is 12.7. The third-order valence-corrected chi connectivity index (χ3v) is 7.64. The summed E-state index contributed by atoms with van der Waals surface area (Å²) in [5.41, 5.74) is 3.11. The third-order valence-electron chi connectivity index (χ3n) is 6.40. The summed E-state index contributed by atoms with van der Waals surface area (Å²) in [6.07, 6.45) is 1.81. The van der Waals surface area contributed by atoms with Crippen LogP contribution in [0.15, 0.2) is 93.9 Å². The molecule has 1 aliphatic rings. The number of nitrogens with zero attached hydrogens (tertiary/aromatic N) is 2. The number of allylic oxidation sites excluding steroid dienone is 1. The van der Waals surface area contributed by atoms with Crippen LogP contribution in [0.25, 0.3) is 6.08 Å². The van der Waals surface area contributed by atoms with E-state index in [9.17, 15) is 9.59 Å². The first kappa shape index (κ1) is 27.4. The molecule has 1 aliphatic heterocycles. The fourth-order valence-electron chi connectivity index (χ4n) is 4.51. The predicted octanol–water partition coefficient (Wildman–Crippen LogP) is 5.04. The number of carbonyl (C=O) groups excluding carboxylic acids is 1. The summed E-state index contributed by atoms with van der Waals surface area (Å²) in [6, 6.07) is 21.6. The number of aromatic nitrogens is 1. The molecular weight excluding hydrogens is 548 g/mol. The fourth-order valence-corrected chi connectivity index (χ4v) is 5.68. The van der Waals surface area contributed by atoms with E-state index in [-0.39, 0.29) is 12.2 Å². The highest BCUT2D eigenvalue weighted by Crippen LogP contribution is 2.32. The highest BCUT2D eigenvalue weighted by Gasteiger charge is 2.33. The number of ether oxygens (including phenoxy) is 3. The second-order valence-corrected chi connectivity index (χ2v) is 10.5. The van der Waals surface area contributed by atoms with E-state index in [0.717, 1.165) is 16.7 Å². The summed E-state index contributed by atoms with van der Waals surface area (Å²) in [4.78, 5) is 32.1. The molecule has 0 aliphatic carbocycles. The van der Waals surface area contributed by atoms with Crippen molar-refractivity contribution < 1.29 is 19.0 Å². The molecule has 1 atom stereocenters. The van der Waals surface area contributed by atoms with Crippen LogP contribution in [0.4, 0.5) is 0 Å². The van der Waals surface area contributed by atoms with Gasteiger partial charge < -0.3 is 14.2 Å². The van der Waals surface area contributed by atoms with E-state index in [2.05, 4.69) is 4.99 Å². The highest BCUT2D eigenvalue weighted by atomic mass is 35.5. The van der Waals surface area contributed by atoms with E-state index in [4.69, 9.17) is 25.8 Å². The lowest BCUT2D eigenvalue weighted by molar-refractivity contribution is -0.139. The van der Waals surface area contributed by atoms with Crippen LogP contribution in [0.5, 0.6) is 11.5 Å². The smallest absolute Gasteiger partial charge is 0.338 e. The second kappa shape index (κ2) is 11.9. The number of thiazole rings is 1. The molecule has 0 bridgehead atoms. The molecule has 0 spiro atoms. The Kier molecular flexibility index (Phi) is 8.19. The summed E-state index contributed by atoms with van der Waals surface area (Å²) >= 11 is 7.24. The molecule has 0 amide bonds. The molecule has 1 unspecified atom stereocenters. The zero-order valence-corrected chi connectivity index (χ0v) is 23.8. The topological polar surface area (TPSA) is 79.1 Å². The van der Waals surface area contributed by atoms with Gasteiger partial charge in [-0.2, -0.15) is 0 Å². The molecule has 0 N–H and O–H groups in total. The van der Waals surface area contributed by atoms with E-state index in [1.165, 1.54) is 11.3 Å². The fraction of sp³-hybridized carbons (Fsp3) is 0.194. The Hall–Kier alpha value is -4.14. The van der Waals surface area contributed by atoms with Crippen LogP contribution < -0.4 is 24.4 Å². The lowest BCUT2D eigenvalue weighted by atomic mass is 9.95. The number of carbonyl (C=O) groups is 1. The average molecular weight is 575 g/mol. The van der Waals surface area contributed by atoms with Crippen LogP contribution in [-0.2, 0) is 16.1 Å². The summed E-state index contributed by atoms with van der Waals surface area (Å²) in [5.74, 6) is 0.787. The van der Waals surface area contributed by atoms with Gasteiger partial charge in [0.1, 0.15) is 18.1 Å². The van der Waals surface area contributed by atoms with Crippen molar-refractivity contribution in [3.8, 4) is 11.5 Å². The number of methoxy groups -OCH3 is 1. The Morgan fingerprint density at radius 2 is 1.82 bits per heavy atom. The Balaban J connectivity index is 1.55. The van der Waals surface area contributed by atoms with Crippen LogP contribution in [0.1, 0.15) is 36.6 Å². The maximum atomic E-state index is 13.8. The zero-order valence-electron chi connectivity index (χ0n) is 22.2. The number of fused-ring (bicyclic) bond motifs is 1. The summed E-state index contributed by atoms with van der Waals surface area (Å²) < 4.78 is 18.8. The van der Waals surface area contributed by atoms with Crippen LogP contribution in [0.3, 0.4) is 0 Å². The minimum absolute atomic E-state index is 0.210. The SMILES string of the molecule is CCOC(=O)C1=C(C)N=c2s/c(=C\c3cccc(OCc4ccc(Cl)cc4)c3)c(=O)n2C1c1cccc(OC)c1. The number of halogens is 1. The highest BCUT2D eigenvalue weighted by molar-refractivity contribution is 7.07. The Labute approximate surface area is 240 Å². The van der Waals surface area contributed by atoms with Crippen molar-refractivity contribution in [2.45, 2.75) is 26.5 Å². The van der Waals surface area contributed by atoms with Crippen molar-refractivity contribution >= 4 is 35.0 Å². The van der Waals surface area contributed by atoms with E-state index in [0.29, 0.717) is 43.7 Å². The van der Waals surface area contributed by atoms with Gasteiger partial charge in [-0.1, -0.05) is 59.3 Å². The normalized spacial score (nSPS) is 14.9. The van der Waals surface area contributed by atoms with Gasteiger partial charge in [0, 0.05) is 5.02 Å². The summed E-state index contributed by atoms with van der Waals surface area (Å²) in [5, 5.41) is 0.672. The number of hydrogen-bond donors (Lipinski definition) is 0. The van der Waals surface area contributed by atoms with Crippen molar-refractivity contribution in [1.29, 1.82) is 0 Å². The number of benzene rings is 3. The lowest BCUT2D eigenvalue weighted by Crippen LogP contribution is -2.39. The number of rotatable bonds is 8. The van der Waals surface area contributed by atoms with Gasteiger partial charge in [0.15, 0.2) is 4.80 Å². The standard InChI is InChI=1S/C31H27ClN2O5S/c1-4-38-30(36)27-19(2)33-31-34(28(27)22-8-6-9-24(17-22)37-3)29(35)26(40-31)16-21-7-5-10-25(15-21)39-18-20-11-13-23(32)14-12-20/h5-17,28H,4,18H2,1-3H3/b26-16-. The molecule has 0 fully saturated rings. The van der Waals surface area contributed by atoms with Crippen molar-refractivity contribution in [3.63, 3.8) is 0 Å². The molecule has 1 aromatic heterocycles. The van der Waals surface area contributed by atoms with Crippen LogP contribution in [0.2, 0.25) is 5.02 Å². The number of esters is 1. The Morgan fingerprint density at radius 1 is 1.07 bits per heavy atom. The molecule has 0 saturated heterocycles. The van der Waals surface area contributed by atoms with Gasteiger partial charge in [-0.3, -0.25) is 9.36 Å². The van der Waals surface area contributed by atoms with Gasteiger partial charge in [0.25, 0.3) is 5.56 Å². The quantitative estimate of drug-likeness (QED) is 0.276. The summed E-state index contributed by atoms with van der Waals surface area (Å²) in [6.45, 7) is 4.11.